The number of rotatable bonds is 4. The number of nitrogens with one attached hydrogen (secondary N) is 1. The maximum absolute atomic E-state index is 9.19. The Morgan fingerprint density at radius 1 is 1.18 bits per heavy atom. The SMILES string of the molecule is Cc1nc(C)c(-c2ccnc(Nc3cccc(CO)c3)n2)s1. The summed E-state index contributed by atoms with van der Waals surface area (Å²) in [7, 11) is 0. The fourth-order valence-electron chi connectivity index (χ4n) is 2.19. The Hall–Kier alpha value is -2.31. The lowest BCUT2D eigenvalue weighted by Crippen LogP contribution is -1.98. The standard InChI is InChI=1S/C16H16N4OS/c1-10-15(22-11(2)18-10)14-6-7-17-16(20-14)19-13-5-3-4-12(8-13)9-21/h3-8,21H,9H2,1-2H3,(H,17,19,20). The lowest BCUT2D eigenvalue weighted by atomic mass is 10.2. The first-order valence-electron chi connectivity index (χ1n) is 6.90. The first-order valence-corrected chi connectivity index (χ1v) is 7.71. The van der Waals surface area contributed by atoms with E-state index >= 15 is 0 Å². The zero-order valence-electron chi connectivity index (χ0n) is 12.4. The van der Waals surface area contributed by atoms with Crippen molar-refractivity contribution in [3.8, 4) is 10.6 Å². The third-order valence-electron chi connectivity index (χ3n) is 3.16. The Morgan fingerprint density at radius 2 is 2.05 bits per heavy atom. The zero-order chi connectivity index (χ0) is 15.5. The Bertz CT molecular complexity index is 800. The van der Waals surface area contributed by atoms with Gasteiger partial charge in [0.1, 0.15) is 0 Å². The second-order valence-electron chi connectivity index (χ2n) is 4.90. The molecule has 22 heavy (non-hydrogen) atoms. The summed E-state index contributed by atoms with van der Waals surface area (Å²) in [6.07, 6.45) is 1.73. The molecule has 0 fully saturated rings. The van der Waals surface area contributed by atoms with E-state index in [1.165, 1.54) is 0 Å². The highest BCUT2D eigenvalue weighted by Gasteiger charge is 2.10. The van der Waals surface area contributed by atoms with Gasteiger partial charge in [0.25, 0.3) is 0 Å². The van der Waals surface area contributed by atoms with Crippen LogP contribution in [-0.4, -0.2) is 20.1 Å². The Balaban J connectivity index is 1.89. The number of aryl methyl sites for hydroxylation is 2. The third kappa shape index (κ3) is 3.13. The predicted octanol–water partition coefficient (Wildman–Crippen LogP) is 3.45. The van der Waals surface area contributed by atoms with Crippen LogP contribution in [0.3, 0.4) is 0 Å². The van der Waals surface area contributed by atoms with Crippen LogP contribution in [0, 0.1) is 13.8 Å². The van der Waals surface area contributed by atoms with Gasteiger partial charge >= 0.3 is 0 Å². The van der Waals surface area contributed by atoms with Crippen LogP contribution in [0.4, 0.5) is 11.6 Å². The molecule has 2 aromatic heterocycles. The van der Waals surface area contributed by atoms with Gasteiger partial charge in [-0.3, -0.25) is 0 Å². The number of hydrogen-bond donors (Lipinski definition) is 2. The van der Waals surface area contributed by atoms with Crippen LogP contribution >= 0.6 is 11.3 Å². The molecule has 2 heterocycles. The Morgan fingerprint density at radius 3 is 2.77 bits per heavy atom. The summed E-state index contributed by atoms with van der Waals surface area (Å²) in [6, 6.07) is 9.42. The fourth-order valence-corrected chi connectivity index (χ4v) is 3.08. The molecule has 5 nitrogen and oxygen atoms in total. The average molecular weight is 312 g/mol. The van der Waals surface area contributed by atoms with Crippen LogP contribution in [0.15, 0.2) is 36.5 Å². The van der Waals surface area contributed by atoms with E-state index < -0.39 is 0 Å². The molecule has 0 amide bonds. The minimum atomic E-state index is 0.00968. The molecular weight excluding hydrogens is 296 g/mol. The molecule has 6 heteroatoms. The number of aromatic nitrogens is 3. The topological polar surface area (TPSA) is 70.9 Å². The molecule has 0 saturated carbocycles. The monoisotopic (exact) mass is 312 g/mol. The van der Waals surface area contributed by atoms with Gasteiger partial charge in [0.15, 0.2) is 0 Å². The van der Waals surface area contributed by atoms with Crippen LogP contribution < -0.4 is 5.32 Å². The van der Waals surface area contributed by atoms with Crippen molar-refractivity contribution in [2.75, 3.05) is 5.32 Å². The molecule has 3 rings (SSSR count). The van der Waals surface area contributed by atoms with E-state index in [9.17, 15) is 5.11 Å². The maximum atomic E-state index is 9.19. The van der Waals surface area contributed by atoms with Crippen molar-refractivity contribution in [1.29, 1.82) is 0 Å². The van der Waals surface area contributed by atoms with Crippen LogP contribution in [0.2, 0.25) is 0 Å². The summed E-state index contributed by atoms with van der Waals surface area (Å²) >= 11 is 1.63. The predicted molar refractivity (Wildman–Crippen MR) is 88.3 cm³/mol. The van der Waals surface area contributed by atoms with Crippen LogP contribution in [0.1, 0.15) is 16.3 Å². The lowest BCUT2D eigenvalue weighted by molar-refractivity contribution is 0.282. The zero-order valence-corrected chi connectivity index (χ0v) is 13.2. The molecule has 0 radical (unpaired) electrons. The molecule has 0 atom stereocenters. The molecule has 0 aliphatic rings. The Kier molecular flexibility index (Phi) is 4.13. The molecule has 2 N–H and O–H groups in total. The van der Waals surface area contributed by atoms with Crippen molar-refractivity contribution >= 4 is 23.0 Å². The van der Waals surface area contributed by atoms with E-state index in [1.807, 2.05) is 44.2 Å². The summed E-state index contributed by atoms with van der Waals surface area (Å²) in [5.41, 5.74) is 3.53. The minimum absolute atomic E-state index is 0.00968. The third-order valence-corrected chi connectivity index (χ3v) is 4.25. The van der Waals surface area contributed by atoms with Gasteiger partial charge < -0.3 is 10.4 Å². The molecular formula is C16H16N4OS. The highest BCUT2D eigenvalue weighted by molar-refractivity contribution is 7.15. The average Bonchev–Trinajstić information content (AvgIpc) is 2.86. The largest absolute Gasteiger partial charge is 0.392 e. The fraction of sp³-hybridized carbons (Fsp3) is 0.188. The number of hydrogen-bond acceptors (Lipinski definition) is 6. The molecule has 0 unspecified atom stereocenters. The molecule has 0 aliphatic carbocycles. The summed E-state index contributed by atoms with van der Waals surface area (Å²) in [5, 5.41) is 13.4. The van der Waals surface area contributed by atoms with E-state index in [0.717, 1.165) is 32.5 Å². The first-order chi connectivity index (χ1) is 10.7. The smallest absolute Gasteiger partial charge is 0.227 e. The Labute approximate surface area is 132 Å². The van der Waals surface area contributed by atoms with E-state index in [1.54, 1.807) is 17.5 Å². The van der Waals surface area contributed by atoms with Crippen molar-refractivity contribution in [1.82, 2.24) is 15.0 Å². The summed E-state index contributed by atoms with van der Waals surface area (Å²) in [5.74, 6) is 0.526. The van der Waals surface area contributed by atoms with E-state index in [4.69, 9.17) is 0 Å². The van der Waals surface area contributed by atoms with Crippen LogP contribution in [-0.2, 0) is 6.61 Å². The van der Waals surface area contributed by atoms with E-state index in [0.29, 0.717) is 5.95 Å². The van der Waals surface area contributed by atoms with Crippen molar-refractivity contribution in [2.24, 2.45) is 0 Å². The number of benzene rings is 1. The van der Waals surface area contributed by atoms with Gasteiger partial charge in [0.05, 0.1) is 27.9 Å². The highest BCUT2D eigenvalue weighted by Crippen LogP contribution is 2.28. The molecule has 0 saturated heterocycles. The van der Waals surface area contributed by atoms with E-state index in [2.05, 4.69) is 20.3 Å². The van der Waals surface area contributed by atoms with Crippen LogP contribution in [0.5, 0.6) is 0 Å². The highest BCUT2D eigenvalue weighted by atomic mass is 32.1. The summed E-state index contributed by atoms with van der Waals surface area (Å²) in [6.45, 7) is 3.98. The normalized spacial score (nSPS) is 10.7. The first kappa shape index (κ1) is 14.6. The van der Waals surface area contributed by atoms with Crippen molar-refractivity contribution < 1.29 is 5.11 Å². The number of aliphatic hydroxyl groups excluding tert-OH is 1. The van der Waals surface area contributed by atoms with Crippen molar-refractivity contribution in [3.63, 3.8) is 0 Å². The molecule has 0 aliphatic heterocycles. The number of thiazole rings is 1. The van der Waals surface area contributed by atoms with E-state index in [-0.39, 0.29) is 6.61 Å². The van der Waals surface area contributed by atoms with Gasteiger partial charge in [-0.2, -0.15) is 0 Å². The van der Waals surface area contributed by atoms with Crippen molar-refractivity contribution in [3.05, 3.63) is 52.8 Å². The van der Waals surface area contributed by atoms with Gasteiger partial charge in [-0.05, 0) is 37.6 Å². The molecule has 0 spiro atoms. The van der Waals surface area contributed by atoms with Crippen molar-refractivity contribution in [2.45, 2.75) is 20.5 Å². The summed E-state index contributed by atoms with van der Waals surface area (Å²) < 4.78 is 0. The minimum Gasteiger partial charge on any atom is -0.392 e. The molecule has 0 bridgehead atoms. The van der Waals surface area contributed by atoms with Gasteiger partial charge in [0.2, 0.25) is 5.95 Å². The lowest BCUT2D eigenvalue weighted by Gasteiger charge is -2.07. The number of anilines is 2. The maximum Gasteiger partial charge on any atom is 0.227 e. The molecule has 1 aromatic carbocycles. The number of aliphatic hydroxyl groups is 1. The quantitative estimate of drug-likeness (QED) is 0.772. The van der Waals surface area contributed by atoms with Gasteiger partial charge in [0, 0.05) is 11.9 Å². The van der Waals surface area contributed by atoms with Gasteiger partial charge in [-0.15, -0.1) is 11.3 Å². The molecule has 112 valence electrons. The van der Waals surface area contributed by atoms with Gasteiger partial charge in [-0.1, -0.05) is 12.1 Å². The summed E-state index contributed by atoms with van der Waals surface area (Å²) in [4.78, 5) is 14.3. The molecule has 3 aromatic rings. The van der Waals surface area contributed by atoms with Gasteiger partial charge in [-0.25, -0.2) is 15.0 Å². The van der Waals surface area contributed by atoms with Crippen LogP contribution in [0.25, 0.3) is 10.6 Å². The number of nitrogens with zero attached hydrogens (tertiary/aromatic N) is 3. The second-order valence-corrected chi connectivity index (χ2v) is 6.10. The second kappa shape index (κ2) is 6.21.